The van der Waals surface area contributed by atoms with Crippen LogP contribution in [0.15, 0.2) is 100 Å². The number of rotatable bonds is 5. The van der Waals surface area contributed by atoms with Gasteiger partial charge in [-0.1, -0.05) is 42.5 Å². The number of para-hydroxylation sites is 1. The Bertz CT molecular complexity index is 1450. The Morgan fingerprint density at radius 1 is 0.758 bits per heavy atom. The van der Waals surface area contributed by atoms with E-state index in [2.05, 4.69) is 15.5 Å². The lowest BCUT2D eigenvalue weighted by Crippen LogP contribution is -2.04. The van der Waals surface area contributed by atoms with Crippen molar-refractivity contribution < 1.29 is 26.1 Å². The van der Waals surface area contributed by atoms with Gasteiger partial charge in [0.25, 0.3) is 10.1 Å². The topological polar surface area (TPSA) is 91.1 Å². The van der Waals surface area contributed by atoms with Gasteiger partial charge in [-0.25, -0.2) is 0 Å². The van der Waals surface area contributed by atoms with Crippen molar-refractivity contribution in [2.24, 2.45) is 10.2 Å². The molecule has 0 bridgehead atoms. The molecule has 0 atom stereocenters. The van der Waals surface area contributed by atoms with Crippen molar-refractivity contribution in [1.82, 2.24) is 0 Å². The standard InChI is InChI=1S/C23H16F3N3O3S/c24-23(25,26)17-10-4-5-11-19(17)29-28-18-13-14-20(27-15-7-2-1-3-8-15)22-16(18)9-6-12-21(22)33(30,31)32/h1-14,27H,(H,30,31,32). The Labute approximate surface area is 187 Å². The van der Waals surface area contributed by atoms with Crippen LogP contribution in [-0.2, 0) is 16.3 Å². The summed E-state index contributed by atoms with van der Waals surface area (Å²) in [6.07, 6.45) is -4.61. The average molecular weight is 471 g/mol. The predicted molar refractivity (Wildman–Crippen MR) is 119 cm³/mol. The number of nitrogens with zero attached hydrogens (tertiary/aromatic N) is 2. The van der Waals surface area contributed by atoms with Gasteiger partial charge in [0.1, 0.15) is 4.90 Å². The second-order valence-corrected chi connectivity index (χ2v) is 8.38. The molecule has 33 heavy (non-hydrogen) atoms. The van der Waals surface area contributed by atoms with Crippen LogP contribution in [0.5, 0.6) is 0 Å². The molecule has 4 aromatic carbocycles. The predicted octanol–water partition coefficient (Wildman–Crippen LogP) is 7.26. The smallest absolute Gasteiger partial charge is 0.355 e. The summed E-state index contributed by atoms with van der Waals surface area (Å²) in [5.74, 6) is 0. The molecule has 0 saturated heterocycles. The third kappa shape index (κ3) is 4.86. The number of hydrogen-bond donors (Lipinski definition) is 2. The van der Waals surface area contributed by atoms with E-state index in [9.17, 15) is 26.1 Å². The second-order valence-electron chi connectivity index (χ2n) is 6.99. The number of halogens is 3. The maximum absolute atomic E-state index is 13.3. The van der Waals surface area contributed by atoms with Crippen LogP contribution < -0.4 is 5.32 Å². The van der Waals surface area contributed by atoms with Crippen LogP contribution in [0, 0.1) is 0 Å². The van der Waals surface area contributed by atoms with Gasteiger partial charge in [0.05, 0.1) is 16.9 Å². The van der Waals surface area contributed by atoms with Gasteiger partial charge in [0.2, 0.25) is 0 Å². The van der Waals surface area contributed by atoms with Crippen molar-refractivity contribution in [1.29, 1.82) is 0 Å². The zero-order valence-electron chi connectivity index (χ0n) is 16.8. The molecule has 10 heteroatoms. The molecule has 0 fully saturated rings. The highest BCUT2D eigenvalue weighted by atomic mass is 32.2. The highest BCUT2D eigenvalue weighted by Gasteiger charge is 2.33. The lowest BCUT2D eigenvalue weighted by atomic mass is 10.1. The van der Waals surface area contributed by atoms with Gasteiger partial charge in [-0.05, 0) is 42.5 Å². The summed E-state index contributed by atoms with van der Waals surface area (Å²) >= 11 is 0. The fourth-order valence-electron chi connectivity index (χ4n) is 3.35. The van der Waals surface area contributed by atoms with Crippen molar-refractivity contribution >= 4 is 43.6 Å². The van der Waals surface area contributed by atoms with Gasteiger partial charge in [-0.3, -0.25) is 4.55 Å². The van der Waals surface area contributed by atoms with Crippen LogP contribution in [0.25, 0.3) is 10.8 Å². The van der Waals surface area contributed by atoms with Gasteiger partial charge < -0.3 is 5.32 Å². The zero-order valence-corrected chi connectivity index (χ0v) is 17.6. The highest BCUT2D eigenvalue weighted by Crippen LogP contribution is 2.40. The van der Waals surface area contributed by atoms with Crippen LogP contribution in [-0.4, -0.2) is 13.0 Å². The second kappa shape index (κ2) is 8.64. The van der Waals surface area contributed by atoms with Crippen LogP contribution >= 0.6 is 0 Å². The molecule has 168 valence electrons. The maximum Gasteiger partial charge on any atom is 0.418 e. The van der Waals surface area contributed by atoms with E-state index < -0.39 is 21.9 Å². The molecule has 6 nitrogen and oxygen atoms in total. The Balaban J connectivity index is 1.89. The van der Waals surface area contributed by atoms with Crippen molar-refractivity contribution in [2.75, 3.05) is 5.32 Å². The molecule has 0 aromatic heterocycles. The number of nitrogens with one attached hydrogen (secondary N) is 1. The molecule has 0 radical (unpaired) electrons. The third-order valence-electron chi connectivity index (χ3n) is 4.79. The summed E-state index contributed by atoms with van der Waals surface area (Å²) in [6, 6.07) is 20.9. The Morgan fingerprint density at radius 3 is 2.12 bits per heavy atom. The van der Waals surface area contributed by atoms with Crippen molar-refractivity contribution in [3.8, 4) is 0 Å². The molecular weight excluding hydrogens is 455 g/mol. The largest absolute Gasteiger partial charge is 0.418 e. The minimum Gasteiger partial charge on any atom is -0.355 e. The van der Waals surface area contributed by atoms with Gasteiger partial charge >= 0.3 is 6.18 Å². The average Bonchev–Trinajstić information content (AvgIpc) is 2.78. The summed E-state index contributed by atoms with van der Waals surface area (Å²) in [4.78, 5) is -0.369. The number of anilines is 2. The number of hydrogen-bond acceptors (Lipinski definition) is 5. The lowest BCUT2D eigenvalue weighted by Gasteiger charge is -2.14. The Morgan fingerprint density at radius 2 is 1.42 bits per heavy atom. The molecule has 4 aromatic rings. The molecule has 0 saturated carbocycles. The SMILES string of the molecule is O=S(=O)(O)c1cccc2c(N=Nc3ccccc3C(F)(F)F)ccc(Nc3ccccc3)c12. The molecule has 0 amide bonds. The van der Waals surface area contributed by atoms with Crippen LogP contribution in [0.4, 0.5) is 35.9 Å². The van der Waals surface area contributed by atoms with E-state index in [0.717, 1.165) is 6.07 Å². The first-order valence-electron chi connectivity index (χ1n) is 9.58. The molecule has 0 aliphatic carbocycles. The summed E-state index contributed by atoms with van der Waals surface area (Å²) in [5.41, 5.74) is -0.169. The monoisotopic (exact) mass is 471 g/mol. The first kappa shape index (κ1) is 22.4. The number of alkyl halides is 3. The third-order valence-corrected chi connectivity index (χ3v) is 5.68. The van der Waals surface area contributed by atoms with Crippen molar-refractivity contribution in [2.45, 2.75) is 11.1 Å². The molecule has 0 aliphatic rings. The van der Waals surface area contributed by atoms with Gasteiger partial charge in [0, 0.05) is 22.1 Å². The molecule has 0 heterocycles. The van der Waals surface area contributed by atoms with Crippen molar-refractivity contribution in [3.63, 3.8) is 0 Å². The molecular formula is C23H16F3N3O3S. The summed E-state index contributed by atoms with van der Waals surface area (Å²) in [5, 5.41) is 11.2. The number of benzene rings is 4. The molecule has 0 unspecified atom stereocenters. The number of fused-ring (bicyclic) bond motifs is 1. The quantitative estimate of drug-likeness (QED) is 0.237. The highest BCUT2D eigenvalue weighted by molar-refractivity contribution is 7.86. The fourth-order valence-corrected chi connectivity index (χ4v) is 4.08. The summed E-state index contributed by atoms with van der Waals surface area (Å²) in [7, 11) is -4.62. The van der Waals surface area contributed by atoms with Crippen LogP contribution in [0.3, 0.4) is 0 Å². The van der Waals surface area contributed by atoms with Gasteiger partial charge in [-0.15, -0.1) is 10.2 Å². The lowest BCUT2D eigenvalue weighted by molar-refractivity contribution is -0.137. The van der Waals surface area contributed by atoms with E-state index in [0.29, 0.717) is 11.4 Å². The van der Waals surface area contributed by atoms with Crippen LogP contribution in [0.1, 0.15) is 5.56 Å². The Hall–Kier alpha value is -3.76. The minimum absolute atomic E-state index is 0.129. The Kier molecular flexibility index (Phi) is 5.88. The molecule has 4 rings (SSSR count). The van der Waals surface area contributed by atoms with E-state index >= 15 is 0 Å². The van der Waals surface area contributed by atoms with E-state index in [1.54, 1.807) is 30.3 Å². The zero-order chi connectivity index (χ0) is 23.6. The van der Waals surface area contributed by atoms with E-state index in [1.807, 2.05) is 6.07 Å². The first-order valence-corrected chi connectivity index (χ1v) is 11.0. The normalized spacial score (nSPS) is 12.4. The van der Waals surface area contributed by atoms with Gasteiger partial charge in [0.15, 0.2) is 0 Å². The first-order chi connectivity index (χ1) is 15.6. The van der Waals surface area contributed by atoms with Gasteiger partial charge in [-0.2, -0.15) is 21.6 Å². The van der Waals surface area contributed by atoms with E-state index in [1.165, 1.54) is 42.5 Å². The summed E-state index contributed by atoms with van der Waals surface area (Å²) < 4.78 is 73.7. The van der Waals surface area contributed by atoms with E-state index in [4.69, 9.17) is 0 Å². The minimum atomic E-state index is -4.62. The maximum atomic E-state index is 13.3. The molecule has 0 aliphatic heterocycles. The fraction of sp³-hybridized carbons (Fsp3) is 0.0435. The molecule has 0 spiro atoms. The molecule has 2 N–H and O–H groups in total. The number of azo groups is 1. The van der Waals surface area contributed by atoms with E-state index in [-0.39, 0.29) is 27.0 Å². The van der Waals surface area contributed by atoms with Crippen LogP contribution in [0.2, 0.25) is 0 Å². The summed E-state index contributed by atoms with van der Waals surface area (Å²) in [6.45, 7) is 0. The van der Waals surface area contributed by atoms with Crippen molar-refractivity contribution in [3.05, 3.63) is 90.5 Å².